The van der Waals surface area contributed by atoms with E-state index in [0.717, 1.165) is 50.5 Å². The van der Waals surface area contributed by atoms with Crippen molar-refractivity contribution in [2.45, 2.75) is 89.9 Å². The van der Waals surface area contributed by atoms with Crippen molar-refractivity contribution in [2.24, 2.45) is 34.5 Å². The highest BCUT2D eigenvalue weighted by molar-refractivity contribution is 5.85. The van der Waals surface area contributed by atoms with Crippen LogP contribution in [0.1, 0.15) is 72.1 Å². The Balaban J connectivity index is 1.43. The molecule has 1 aliphatic heterocycles. The van der Waals surface area contributed by atoms with Crippen LogP contribution in [0.4, 0.5) is 0 Å². The molecule has 0 bridgehead atoms. The van der Waals surface area contributed by atoms with Crippen LogP contribution in [0.25, 0.3) is 0 Å². The Morgan fingerprint density at radius 1 is 1.16 bits per heavy atom. The molecule has 5 rings (SSSR count). The van der Waals surface area contributed by atoms with Crippen LogP contribution in [-0.4, -0.2) is 46.6 Å². The number of aliphatic hydroxyl groups is 2. The molecule has 4 aliphatic carbocycles. The number of hydrogen-bond acceptors (Lipinski definition) is 6. The van der Waals surface area contributed by atoms with E-state index in [0.29, 0.717) is 18.3 Å². The summed E-state index contributed by atoms with van der Waals surface area (Å²) in [4.78, 5) is 23.2. The highest BCUT2D eigenvalue weighted by Gasteiger charge is 2.70. The maximum Gasteiger partial charge on any atom is 0.331 e. The lowest BCUT2D eigenvalue weighted by atomic mass is 9.43. The van der Waals surface area contributed by atoms with Gasteiger partial charge < -0.3 is 19.7 Å². The summed E-state index contributed by atoms with van der Waals surface area (Å²) in [6.07, 6.45) is 7.94. The van der Waals surface area contributed by atoms with Crippen LogP contribution in [0, 0.1) is 34.5 Å². The fourth-order valence-corrected chi connectivity index (χ4v) is 8.79. The van der Waals surface area contributed by atoms with Gasteiger partial charge in [-0.2, -0.15) is 0 Å². The molecule has 4 saturated carbocycles. The molecule has 172 valence electrons. The van der Waals surface area contributed by atoms with Crippen molar-refractivity contribution in [1.29, 1.82) is 0 Å². The van der Waals surface area contributed by atoms with Gasteiger partial charge in [0.25, 0.3) is 0 Å². The standard InChI is InChI=1S/C25H36O6/c1-14(26)31-17-6-8-23(2)16(11-17)4-5-19-18(23)7-9-24(3)22(15-10-21(28)30-13-15)20(27)12-25(19,24)29/h10,16-20,22,27,29H,4-9,11-13H2,1-3H3/t16?,17-,18-,19+,20-,22-,23-,24+,25-/m0/s1. The molecular weight excluding hydrogens is 396 g/mol. The minimum atomic E-state index is -0.937. The van der Waals surface area contributed by atoms with Crippen molar-refractivity contribution in [1.82, 2.24) is 0 Å². The van der Waals surface area contributed by atoms with E-state index in [-0.39, 0.29) is 41.9 Å². The quantitative estimate of drug-likeness (QED) is 0.651. The minimum Gasteiger partial charge on any atom is -0.463 e. The molecular formula is C25H36O6. The van der Waals surface area contributed by atoms with E-state index in [4.69, 9.17) is 9.47 Å². The van der Waals surface area contributed by atoms with Crippen molar-refractivity contribution in [3.8, 4) is 0 Å². The third-order valence-corrected chi connectivity index (χ3v) is 10.2. The first-order chi connectivity index (χ1) is 14.6. The molecule has 0 spiro atoms. The molecule has 1 heterocycles. The SMILES string of the molecule is CC(=O)O[C@H]1CC[C@@]2(C)C(CC[C@@H]3[C@@H]2CC[C@]2(C)[C@@H](C4=CC(=O)OC4)[C@@H](O)C[C@]32O)C1. The molecule has 2 N–H and O–H groups in total. The molecule has 0 aromatic heterocycles. The molecule has 0 amide bonds. The van der Waals surface area contributed by atoms with Gasteiger partial charge in [-0.25, -0.2) is 4.79 Å². The van der Waals surface area contributed by atoms with E-state index in [1.807, 2.05) is 0 Å². The molecule has 0 aromatic carbocycles. The molecule has 0 radical (unpaired) electrons. The summed E-state index contributed by atoms with van der Waals surface area (Å²) in [6.45, 7) is 6.24. The maximum absolute atomic E-state index is 12.2. The number of fused-ring (bicyclic) bond motifs is 5. The fraction of sp³-hybridized carbons (Fsp3) is 0.840. The average Bonchev–Trinajstić information content (AvgIpc) is 3.18. The van der Waals surface area contributed by atoms with Crippen molar-refractivity contribution < 1.29 is 29.3 Å². The molecule has 5 aliphatic rings. The Morgan fingerprint density at radius 3 is 2.61 bits per heavy atom. The van der Waals surface area contributed by atoms with Crippen molar-refractivity contribution in [3.63, 3.8) is 0 Å². The molecule has 6 heteroatoms. The first kappa shape index (κ1) is 21.4. The summed E-state index contributed by atoms with van der Waals surface area (Å²) in [5.41, 5.74) is -0.416. The zero-order valence-electron chi connectivity index (χ0n) is 18.9. The number of aliphatic hydroxyl groups excluding tert-OH is 1. The molecule has 6 nitrogen and oxygen atoms in total. The van der Waals surface area contributed by atoms with Crippen LogP contribution in [0.2, 0.25) is 0 Å². The first-order valence-corrected chi connectivity index (χ1v) is 12.0. The van der Waals surface area contributed by atoms with E-state index in [9.17, 15) is 19.8 Å². The number of carbonyl (C=O) groups is 2. The van der Waals surface area contributed by atoms with Crippen LogP contribution < -0.4 is 0 Å². The van der Waals surface area contributed by atoms with Crippen LogP contribution in [0.5, 0.6) is 0 Å². The summed E-state index contributed by atoms with van der Waals surface area (Å²) in [5, 5.41) is 23.3. The second-order valence-corrected chi connectivity index (χ2v) is 11.5. The Bertz CT molecular complexity index is 821. The predicted octanol–water partition coefficient (Wildman–Crippen LogP) is 3.15. The van der Waals surface area contributed by atoms with Gasteiger partial charge in [-0.05, 0) is 73.7 Å². The zero-order chi connectivity index (χ0) is 22.2. The number of hydrogen-bond donors (Lipinski definition) is 2. The first-order valence-electron chi connectivity index (χ1n) is 12.0. The van der Waals surface area contributed by atoms with E-state index in [2.05, 4.69) is 13.8 Å². The van der Waals surface area contributed by atoms with E-state index < -0.39 is 17.1 Å². The summed E-state index contributed by atoms with van der Waals surface area (Å²) < 4.78 is 10.7. The van der Waals surface area contributed by atoms with Gasteiger partial charge in [0.05, 0.1) is 11.7 Å². The van der Waals surface area contributed by atoms with E-state index >= 15 is 0 Å². The highest BCUT2D eigenvalue weighted by Crippen LogP contribution is 2.70. The number of cyclic esters (lactones) is 1. The number of ether oxygens (including phenoxy) is 2. The molecule has 9 atom stereocenters. The van der Waals surface area contributed by atoms with Crippen molar-refractivity contribution in [2.75, 3.05) is 6.61 Å². The second kappa shape index (κ2) is 7.05. The Morgan fingerprint density at radius 2 is 1.94 bits per heavy atom. The minimum absolute atomic E-state index is 0.0218. The Labute approximate surface area is 184 Å². The molecule has 4 fully saturated rings. The number of carbonyl (C=O) groups excluding carboxylic acids is 2. The molecule has 0 aromatic rings. The van der Waals surface area contributed by atoms with Gasteiger partial charge in [-0.3, -0.25) is 4.79 Å². The van der Waals surface area contributed by atoms with E-state index in [1.54, 1.807) is 0 Å². The smallest absolute Gasteiger partial charge is 0.331 e. The van der Waals surface area contributed by atoms with Gasteiger partial charge in [0, 0.05) is 30.8 Å². The summed E-state index contributed by atoms with van der Waals surface area (Å²) in [7, 11) is 0. The third-order valence-electron chi connectivity index (χ3n) is 10.2. The Kier molecular flexibility index (Phi) is 4.88. The van der Waals surface area contributed by atoms with Gasteiger partial charge in [-0.1, -0.05) is 13.8 Å². The molecule has 31 heavy (non-hydrogen) atoms. The van der Waals surface area contributed by atoms with Crippen LogP contribution in [0.15, 0.2) is 11.6 Å². The largest absolute Gasteiger partial charge is 0.463 e. The predicted molar refractivity (Wildman–Crippen MR) is 113 cm³/mol. The van der Waals surface area contributed by atoms with Crippen molar-refractivity contribution >= 4 is 11.9 Å². The average molecular weight is 433 g/mol. The third kappa shape index (κ3) is 2.97. The number of rotatable bonds is 2. The lowest BCUT2D eigenvalue weighted by molar-refractivity contribution is -0.210. The van der Waals surface area contributed by atoms with Gasteiger partial charge in [-0.15, -0.1) is 0 Å². The zero-order valence-corrected chi connectivity index (χ0v) is 18.9. The topological polar surface area (TPSA) is 93.1 Å². The molecule has 1 unspecified atom stereocenters. The fourth-order valence-electron chi connectivity index (χ4n) is 8.79. The number of esters is 2. The summed E-state index contributed by atoms with van der Waals surface area (Å²) >= 11 is 0. The van der Waals surface area contributed by atoms with Crippen molar-refractivity contribution in [3.05, 3.63) is 11.6 Å². The lowest BCUT2D eigenvalue weighted by Crippen LogP contribution is -2.62. The second-order valence-electron chi connectivity index (χ2n) is 11.5. The Hall–Kier alpha value is -1.40. The van der Waals surface area contributed by atoms with Gasteiger partial charge in [0.1, 0.15) is 12.7 Å². The van der Waals surface area contributed by atoms with E-state index in [1.165, 1.54) is 13.0 Å². The molecule has 0 saturated heterocycles. The summed E-state index contributed by atoms with van der Waals surface area (Å²) in [5.74, 6) is 0.299. The monoisotopic (exact) mass is 432 g/mol. The van der Waals surface area contributed by atoms with Crippen LogP contribution in [0.3, 0.4) is 0 Å². The maximum atomic E-state index is 12.2. The van der Waals surface area contributed by atoms with Gasteiger partial charge in [0.15, 0.2) is 0 Å². The van der Waals surface area contributed by atoms with Crippen LogP contribution >= 0.6 is 0 Å². The highest BCUT2D eigenvalue weighted by atomic mass is 16.5. The van der Waals surface area contributed by atoms with Gasteiger partial charge >= 0.3 is 11.9 Å². The normalized spacial score (nSPS) is 51.3. The lowest BCUT2D eigenvalue weighted by Gasteiger charge is -2.63. The van der Waals surface area contributed by atoms with Crippen LogP contribution in [-0.2, 0) is 19.1 Å². The summed E-state index contributed by atoms with van der Waals surface area (Å²) in [6, 6.07) is 0. The van der Waals surface area contributed by atoms with Gasteiger partial charge in [0.2, 0.25) is 0 Å².